The minimum Gasteiger partial charge on any atom is -0.485 e. The van der Waals surface area contributed by atoms with E-state index >= 15 is 0 Å². The molecule has 1 aromatic carbocycles. The molecule has 1 aromatic rings. The molecule has 3 heterocycles. The van der Waals surface area contributed by atoms with Gasteiger partial charge in [-0.25, -0.2) is 0 Å². The molecule has 0 radical (unpaired) electrons. The Hall–Kier alpha value is -1.38. The van der Waals surface area contributed by atoms with Crippen LogP contribution in [0.5, 0.6) is 5.75 Å². The Balaban J connectivity index is 1.56. The van der Waals surface area contributed by atoms with E-state index < -0.39 is 17.9 Å². The van der Waals surface area contributed by atoms with Gasteiger partial charge in [-0.15, -0.1) is 0 Å². The Labute approximate surface area is 147 Å². The van der Waals surface area contributed by atoms with Crippen molar-refractivity contribution >= 4 is 5.69 Å². The molecule has 2 N–H and O–H groups in total. The Morgan fingerprint density at radius 3 is 2.32 bits per heavy atom. The number of nitrogen functional groups attached to an aromatic ring is 1. The zero-order valence-corrected chi connectivity index (χ0v) is 14.9. The number of anilines is 1. The molecule has 0 aliphatic carbocycles. The summed E-state index contributed by atoms with van der Waals surface area (Å²) in [5.74, 6) is -0.659. The summed E-state index contributed by atoms with van der Waals surface area (Å²) in [5, 5.41) is 0. The van der Waals surface area contributed by atoms with Crippen LogP contribution in [-0.2, 0) is 23.7 Å². The van der Waals surface area contributed by atoms with E-state index in [1.807, 2.05) is 39.8 Å². The van der Waals surface area contributed by atoms with Gasteiger partial charge in [-0.1, -0.05) is 0 Å². The SMILES string of the molecule is CC1(C)OC[C@H]([C@H]2OC3OC(C)(C)O[C@@H]3[C@H]2Oc2ccc(N)cc2)O1. The fourth-order valence-electron chi connectivity index (χ4n) is 3.52. The number of fused-ring (bicyclic) bond motifs is 1. The average Bonchev–Trinajstić information content (AvgIpc) is 3.12. The molecular weight excluding hydrogens is 326 g/mol. The number of nitrogens with two attached hydrogens (primary N) is 1. The molecule has 7 heteroatoms. The predicted molar refractivity (Wildman–Crippen MR) is 88.9 cm³/mol. The summed E-state index contributed by atoms with van der Waals surface area (Å²) in [6, 6.07) is 7.25. The predicted octanol–water partition coefficient (Wildman–Crippen LogP) is 2.04. The molecule has 5 atom stereocenters. The highest BCUT2D eigenvalue weighted by Gasteiger charge is 2.59. The molecule has 138 valence electrons. The van der Waals surface area contributed by atoms with Crippen molar-refractivity contribution in [2.24, 2.45) is 0 Å². The van der Waals surface area contributed by atoms with Crippen LogP contribution in [0.4, 0.5) is 5.69 Å². The molecule has 3 saturated heterocycles. The van der Waals surface area contributed by atoms with E-state index in [2.05, 4.69) is 0 Å². The number of ether oxygens (including phenoxy) is 6. The maximum absolute atomic E-state index is 6.21. The molecular formula is C18H25NO6. The van der Waals surface area contributed by atoms with Crippen LogP contribution in [0.25, 0.3) is 0 Å². The zero-order chi connectivity index (χ0) is 17.8. The first kappa shape index (κ1) is 17.1. The first-order chi connectivity index (χ1) is 11.7. The topological polar surface area (TPSA) is 81.4 Å². The highest BCUT2D eigenvalue weighted by atomic mass is 16.8. The first-order valence-electron chi connectivity index (χ1n) is 8.58. The average molecular weight is 351 g/mol. The van der Waals surface area contributed by atoms with E-state index in [0.717, 1.165) is 0 Å². The van der Waals surface area contributed by atoms with Crippen LogP contribution in [0.1, 0.15) is 27.7 Å². The van der Waals surface area contributed by atoms with Crippen molar-refractivity contribution in [1.82, 2.24) is 0 Å². The highest BCUT2D eigenvalue weighted by Crippen LogP contribution is 2.42. The van der Waals surface area contributed by atoms with E-state index in [1.54, 1.807) is 12.1 Å². The molecule has 7 nitrogen and oxygen atoms in total. The summed E-state index contributed by atoms with van der Waals surface area (Å²) in [5.41, 5.74) is 6.43. The van der Waals surface area contributed by atoms with E-state index in [9.17, 15) is 0 Å². The van der Waals surface area contributed by atoms with Gasteiger partial charge in [-0.2, -0.15) is 0 Å². The zero-order valence-electron chi connectivity index (χ0n) is 14.9. The molecule has 4 rings (SSSR count). The fraction of sp³-hybridized carbons (Fsp3) is 0.667. The first-order valence-corrected chi connectivity index (χ1v) is 8.58. The van der Waals surface area contributed by atoms with Gasteiger partial charge in [0.25, 0.3) is 0 Å². The number of hydrogen-bond donors (Lipinski definition) is 1. The maximum atomic E-state index is 6.21. The highest BCUT2D eigenvalue weighted by molar-refractivity contribution is 5.41. The largest absolute Gasteiger partial charge is 0.485 e. The van der Waals surface area contributed by atoms with Crippen molar-refractivity contribution in [1.29, 1.82) is 0 Å². The van der Waals surface area contributed by atoms with Gasteiger partial charge in [-0.05, 0) is 52.0 Å². The van der Waals surface area contributed by atoms with Crippen molar-refractivity contribution in [3.05, 3.63) is 24.3 Å². The molecule has 3 aliphatic heterocycles. The number of hydrogen-bond acceptors (Lipinski definition) is 7. The monoisotopic (exact) mass is 351 g/mol. The smallest absolute Gasteiger partial charge is 0.191 e. The molecule has 0 amide bonds. The Morgan fingerprint density at radius 1 is 0.960 bits per heavy atom. The lowest BCUT2D eigenvalue weighted by Gasteiger charge is -2.29. The van der Waals surface area contributed by atoms with Crippen molar-refractivity contribution in [2.75, 3.05) is 12.3 Å². The van der Waals surface area contributed by atoms with Gasteiger partial charge >= 0.3 is 0 Å². The van der Waals surface area contributed by atoms with Gasteiger partial charge in [0.1, 0.15) is 18.0 Å². The van der Waals surface area contributed by atoms with Crippen LogP contribution in [0.15, 0.2) is 24.3 Å². The summed E-state index contributed by atoms with van der Waals surface area (Å²) in [4.78, 5) is 0. The van der Waals surface area contributed by atoms with E-state index in [1.165, 1.54) is 0 Å². The second-order valence-electron chi connectivity index (χ2n) is 7.59. The lowest BCUT2D eigenvalue weighted by atomic mass is 10.1. The molecule has 0 saturated carbocycles. The van der Waals surface area contributed by atoms with Gasteiger partial charge in [0.2, 0.25) is 0 Å². The van der Waals surface area contributed by atoms with Crippen molar-refractivity contribution in [3.8, 4) is 5.75 Å². The summed E-state index contributed by atoms with van der Waals surface area (Å²) in [6.07, 6.45) is -1.83. The maximum Gasteiger partial charge on any atom is 0.191 e. The number of benzene rings is 1. The van der Waals surface area contributed by atoms with Crippen LogP contribution in [-0.4, -0.2) is 48.9 Å². The minimum absolute atomic E-state index is 0.255. The fourth-order valence-corrected chi connectivity index (χ4v) is 3.52. The van der Waals surface area contributed by atoms with Gasteiger partial charge in [0.15, 0.2) is 30.1 Å². The standard InChI is InChI=1S/C18H25NO6/c1-17(2)20-9-12(23-17)13-14(21-11-7-5-10(19)6-8-11)15-16(22-13)25-18(3,4)24-15/h5-8,12-16H,9,19H2,1-4H3/t12-,13-,14+,15-,16?/m1/s1. The molecule has 3 fully saturated rings. The van der Waals surface area contributed by atoms with E-state index in [0.29, 0.717) is 18.0 Å². The molecule has 3 aliphatic rings. The van der Waals surface area contributed by atoms with E-state index in [-0.39, 0.29) is 24.4 Å². The van der Waals surface area contributed by atoms with E-state index in [4.69, 9.17) is 34.2 Å². The Morgan fingerprint density at radius 2 is 1.68 bits per heavy atom. The summed E-state index contributed by atoms with van der Waals surface area (Å²) < 4.78 is 35.9. The Kier molecular flexibility index (Phi) is 3.97. The van der Waals surface area contributed by atoms with Crippen molar-refractivity contribution in [3.63, 3.8) is 0 Å². The second kappa shape index (κ2) is 5.82. The van der Waals surface area contributed by atoms with Crippen LogP contribution < -0.4 is 10.5 Å². The third-order valence-electron chi connectivity index (χ3n) is 4.58. The van der Waals surface area contributed by atoms with Crippen LogP contribution >= 0.6 is 0 Å². The molecule has 0 bridgehead atoms. The van der Waals surface area contributed by atoms with Crippen molar-refractivity contribution in [2.45, 2.75) is 70.0 Å². The molecule has 25 heavy (non-hydrogen) atoms. The van der Waals surface area contributed by atoms with Gasteiger partial charge in [-0.3, -0.25) is 0 Å². The number of rotatable bonds is 3. The summed E-state index contributed by atoms with van der Waals surface area (Å²) in [6.45, 7) is 7.93. The minimum atomic E-state index is -0.713. The lowest BCUT2D eigenvalue weighted by Crippen LogP contribution is -2.45. The summed E-state index contributed by atoms with van der Waals surface area (Å²) >= 11 is 0. The van der Waals surface area contributed by atoms with Gasteiger partial charge in [0, 0.05) is 5.69 Å². The second-order valence-corrected chi connectivity index (χ2v) is 7.59. The summed E-state index contributed by atoms with van der Waals surface area (Å²) in [7, 11) is 0. The molecule has 0 aromatic heterocycles. The quantitative estimate of drug-likeness (QED) is 0.835. The Bertz CT molecular complexity index is 631. The van der Waals surface area contributed by atoms with Crippen LogP contribution in [0.2, 0.25) is 0 Å². The third-order valence-corrected chi connectivity index (χ3v) is 4.58. The third kappa shape index (κ3) is 3.35. The van der Waals surface area contributed by atoms with Crippen LogP contribution in [0, 0.1) is 0 Å². The van der Waals surface area contributed by atoms with Crippen molar-refractivity contribution < 1.29 is 28.4 Å². The van der Waals surface area contributed by atoms with Gasteiger partial charge in [0.05, 0.1) is 6.61 Å². The molecule has 0 spiro atoms. The normalized spacial score (nSPS) is 38.6. The van der Waals surface area contributed by atoms with Gasteiger partial charge < -0.3 is 34.2 Å². The lowest BCUT2D eigenvalue weighted by molar-refractivity contribution is -0.230. The van der Waals surface area contributed by atoms with Crippen LogP contribution in [0.3, 0.4) is 0 Å². The molecule has 1 unspecified atom stereocenters.